The van der Waals surface area contributed by atoms with Crippen molar-refractivity contribution >= 4 is 50.2 Å². The maximum Gasteiger partial charge on any atom is 0.248 e. The van der Waals surface area contributed by atoms with Crippen LogP contribution in [-0.2, 0) is 16.1 Å². The standard InChI is InChI=1S/C30H31BrN8O3/c1-15-5-6-24(31)35-28(15)36-29(42)22-9-30(14-32)10-23(30)39(22)25(41)13-38-27-16(2)7-19(20-11-33-18(4)34-12-20)8-21(27)26(37-38)17(3)40/h5-8,11-12,22-23H,9-10,13-14,32H2,1-4H3,(H,35,36,42)/t22-,23+,30-/m0/s1. The zero-order chi connectivity index (χ0) is 29.9. The number of aryl methyl sites for hydroxylation is 3. The fourth-order valence-corrected chi connectivity index (χ4v) is 6.47. The number of amides is 2. The van der Waals surface area contributed by atoms with Crippen molar-refractivity contribution < 1.29 is 14.4 Å². The molecule has 12 heteroatoms. The van der Waals surface area contributed by atoms with Crippen molar-refractivity contribution in [1.82, 2.24) is 29.6 Å². The predicted molar refractivity (Wildman–Crippen MR) is 161 cm³/mol. The quantitative estimate of drug-likeness (QED) is 0.232. The molecule has 4 aromatic rings. The van der Waals surface area contributed by atoms with Gasteiger partial charge in [-0.3, -0.25) is 19.1 Å². The molecular formula is C30H31BrN8O3. The summed E-state index contributed by atoms with van der Waals surface area (Å²) in [6, 6.07) is 6.72. The normalized spacial score (nSPS) is 21.0. The summed E-state index contributed by atoms with van der Waals surface area (Å²) in [6.45, 7) is 7.34. The summed E-state index contributed by atoms with van der Waals surface area (Å²) < 4.78 is 2.18. The van der Waals surface area contributed by atoms with Gasteiger partial charge in [0.1, 0.15) is 34.5 Å². The largest absolute Gasteiger partial charge is 0.330 e. The van der Waals surface area contributed by atoms with Crippen molar-refractivity contribution in [3.05, 3.63) is 63.9 Å². The molecule has 1 saturated carbocycles. The van der Waals surface area contributed by atoms with Crippen LogP contribution in [0.3, 0.4) is 0 Å². The number of nitrogens with zero attached hydrogens (tertiary/aromatic N) is 6. The van der Waals surface area contributed by atoms with E-state index >= 15 is 0 Å². The molecule has 3 atom stereocenters. The average Bonchev–Trinajstić information content (AvgIpc) is 3.37. The highest BCUT2D eigenvalue weighted by molar-refractivity contribution is 9.10. The Kier molecular flexibility index (Phi) is 6.93. The van der Waals surface area contributed by atoms with Gasteiger partial charge in [0.2, 0.25) is 11.8 Å². The number of rotatable bonds is 7. The summed E-state index contributed by atoms with van der Waals surface area (Å²) in [6.07, 6.45) is 4.73. The number of nitrogens with one attached hydrogen (secondary N) is 1. The summed E-state index contributed by atoms with van der Waals surface area (Å²) >= 11 is 3.35. The number of anilines is 1. The van der Waals surface area contributed by atoms with Crippen molar-refractivity contribution in [2.75, 3.05) is 11.9 Å². The Bertz CT molecular complexity index is 1770. The molecule has 1 aliphatic heterocycles. The van der Waals surface area contributed by atoms with Gasteiger partial charge in [-0.1, -0.05) is 6.07 Å². The molecule has 0 spiro atoms. The molecule has 3 N–H and O–H groups in total. The van der Waals surface area contributed by atoms with Crippen molar-refractivity contribution in [3.8, 4) is 11.1 Å². The highest BCUT2D eigenvalue weighted by Gasteiger charge is 2.66. The van der Waals surface area contributed by atoms with Crippen LogP contribution in [0, 0.1) is 26.2 Å². The molecular weight excluding hydrogens is 600 g/mol. The molecule has 11 nitrogen and oxygen atoms in total. The second-order valence-corrected chi connectivity index (χ2v) is 12.2. The van der Waals surface area contributed by atoms with Gasteiger partial charge < -0.3 is 16.0 Å². The number of pyridine rings is 1. The molecule has 0 bridgehead atoms. The number of carbonyl (C=O) groups is 3. The van der Waals surface area contributed by atoms with Crippen molar-refractivity contribution in [2.24, 2.45) is 11.1 Å². The van der Waals surface area contributed by atoms with Crippen LogP contribution in [0.1, 0.15) is 47.2 Å². The summed E-state index contributed by atoms with van der Waals surface area (Å²) in [5, 5.41) is 8.16. The third-order valence-corrected chi connectivity index (χ3v) is 8.93. The lowest BCUT2D eigenvalue weighted by atomic mass is 9.99. The summed E-state index contributed by atoms with van der Waals surface area (Å²) in [5.41, 5.74) is 10.2. The van der Waals surface area contributed by atoms with E-state index in [1.165, 1.54) is 6.92 Å². The predicted octanol–water partition coefficient (Wildman–Crippen LogP) is 3.74. The van der Waals surface area contributed by atoms with Crippen molar-refractivity contribution in [2.45, 2.75) is 59.2 Å². The second kappa shape index (κ2) is 10.4. The molecule has 1 aliphatic carbocycles. The number of benzene rings is 1. The third-order valence-electron chi connectivity index (χ3n) is 8.49. The first-order chi connectivity index (χ1) is 20.0. The van der Waals surface area contributed by atoms with E-state index in [-0.39, 0.29) is 41.3 Å². The minimum atomic E-state index is -0.691. The first-order valence-electron chi connectivity index (χ1n) is 13.8. The van der Waals surface area contributed by atoms with Crippen LogP contribution in [-0.4, -0.2) is 65.9 Å². The maximum absolute atomic E-state index is 14.0. The Morgan fingerprint density at radius 2 is 1.81 bits per heavy atom. The monoisotopic (exact) mass is 630 g/mol. The van der Waals surface area contributed by atoms with E-state index < -0.39 is 6.04 Å². The first-order valence-corrected chi connectivity index (χ1v) is 14.6. The number of fused-ring (bicyclic) bond motifs is 2. The minimum absolute atomic E-state index is 0.118. The van der Waals surface area contributed by atoms with Crippen LogP contribution in [0.4, 0.5) is 5.82 Å². The fourth-order valence-electron chi connectivity index (χ4n) is 6.16. The summed E-state index contributed by atoms with van der Waals surface area (Å²) in [7, 11) is 0. The van der Waals surface area contributed by atoms with Crippen molar-refractivity contribution in [3.63, 3.8) is 0 Å². The number of piperidine rings is 1. The lowest BCUT2D eigenvalue weighted by Crippen LogP contribution is -2.47. The third kappa shape index (κ3) is 4.78. The van der Waals surface area contributed by atoms with E-state index in [0.29, 0.717) is 40.1 Å². The smallest absolute Gasteiger partial charge is 0.248 e. The maximum atomic E-state index is 14.0. The van der Waals surface area contributed by atoms with E-state index in [9.17, 15) is 14.4 Å². The van der Waals surface area contributed by atoms with Crippen LogP contribution >= 0.6 is 15.9 Å². The van der Waals surface area contributed by atoms with Gasteiger partial charge in [-0.2, -0.15) is 5.10 Å². The molecule has 2 aliphatic rings. The molecule has 1 aromatic carbocycles. The Morgan fingerprint density at radius 3 is 2.50 bits per heavy atom. The molecule has 0 unspecified atom stereocenters. The van der Waals surface area contributed by atoms with Gasteiger partial charge in [0.15, 0.2) is 5.78 Å². The number of carbonyl (C=O) groups excluding carboxylic acids is 3. The highest BCUT2D eigenvalue weighted by Crippen LogP contribution is 2.59. The zero-order valence-corrected chi connectivity index (χ0v) is 25.4. The van der Waals surface area contributed by atoms with Gasteiger partial charge in [0.25, 0.3) is 0 Å². The number of aromatic nitrogens is 5. The second-order valence-electron chi connectivity index (χ2n) is 11.4. The van der Waals surface area contributed by atoms with Crippen LogP contribution in [0.2, 0.25) is 0 Å². The topological polar surface area (TPSA) is 149 Å². The number of halogens is 1. The molecule has 2 amide bonds. The Morgan fingerprint density at radius 1 is 1.07 bits per heavy atom. The number of ketones is 1. The van der Waals surface area contributed by atoms with E-state index in [1.54, 1.807) is 28.0 Å². The number of nitrogens with two attached hydrogens (primary N) is 1. The van der Waals surface area contributed by atoms with Crippen LogP contribution in [0.15, 0.2) is 41.3 Å². The Hall–Kier alpha value is -4.03. The van der Waals surface area contributed by atoms with E-state index in [0.717, 1.165) is 28.7 Å². The molecule has 3 aromatic heterocycles. The van der Waals surface area contributed by atoms with Gasteiger partial charge >= 0.3 is 0 Å². The van der Waals surface area contributed by atoms with E-state index in [2.05, 4.69) is 41.3 Å². The van der Waals surface area contributed by atoms with Gasteiger partial charge in [-0.25, -0.2) is 15.0 Å². The zero-order valence-electron chi connectivity index (χ0n) is 23.8. The van der Waals surface area contributed by atoms with Gasteiger partial charge in [0, 0.05) is 48.3 Å². The van der Waals surface area contributed by atoms with Gasteiger partial charge in [-0.05, 0) is 84.4 Å². The molecule has 6 rings (SSSR count). The lowest BCUT2D eigenvalue weighted by Gasteiger charge is -2.27. The van der Waals surface area contributed by atoms with E-state index in [1.807, 2.05) is 39.0 Å². The van der Waals surface area contributed by atoms with Crippen molar-refractivity contribution in [1.29, 1.82) is 0 Å². The Balaban J connectivity index is 1.33. The fraction of sp³-hybridized carbons (Fsp3) is 0.367. The number of hydrogen-bond donors (Lipinski definition) is 2. The summed E-state index contributed by atoms with van der Waals surface area (Å²) in [4.78, 5) is 54.8. The Labute approximate surface area is 251 Å². The lowest BCUT2D eigenvalue weighted by molar-refractivity contribution is -0.138. The molecule has 1 saturated heterocycles. The molecule has 42 heavy (non-hydrogen) atoms. The number of Topliss-reactive ketones (excluding diaryl/α,β-unsaturated/α-hetero) is 1. The average molecular weight is 632 g/mol. The molecule has 0 radical (unpaired) electrons. The summed E-state index contributed by atoms with van der Waals surface area (Å²) in [5.74, 6) is 0.356. The molecule has 2 fully saturated rings. The van der Waals surface area contributed by atoms with Crippen LogP contribution in [0.5, 0.6) is 0 Å². The van der Waals surface area contributed by atoms with Gasteiger partial charge in [0.05, 0.1) is 5.52 Å². The van der Waals surface area contributed by atoms with Crippen LogP contribution in [0.25, 0.3) is 22.0 Å². The molecule has 4 heterocycles. The number of hydrogen-bond acceptors (Lipinski definition) is 8. The SMILES string of the molecule is CC(=O)c1nn(CC(=O)N2[C@H](C(=O)Nc3nc(Br)ccc3C)C[C@@]3(CN)C[C@@H]23)c2c(C)cc(-c3cnc(C)nc3)cc12. The highest BCUT2D eigenvalue weighted by atomic mass is 79.9. The first kappa shape index (κ1) is 28.1. The minimum Gasteiger partial charge on any atom is -0.330 e. The van der Waals surface area contributed by atoms with Gasteiger partial charge in [-0.15, -0.1) is 0 Å². The number of likely N-dealkylation sites (tertiary alicyclic amines) is 1. The van der Waals surface area contributed by atoms with Crippen LogP contribution < -0.4 is 11.1 Å². The van der Waals surface area contributed by atoms with E-state index in [4.69, 9.17) is 5.73 Å². The molecule has 216 valence electrons.